The first kappa shape index (κ1) is 20.1. The Morgan fingerprint density at radius 2 is 2.00 bits per heavy atom. The van der Waals surface area contributed by atoms with E-state index in [9.17, 15) is 9.36 Å². The molecule has 0 aromatic carbocycles. The van der Waals surface area contributed by atoms with Crippen molar-refractivity contribution in [1.82, 2.24) is 4.90 Å². The van der Waals surface area contributed by atoms with E-state index in [0.29, 0.717) is 6.42 Å². The van der Waals surface area contributed by atoms with Crippen molar-refractivity contribution in [3.8, 4) is 0 Å². The van der Waals surface area contributed by atoms with Crippen LogP contribution in [-0.4, -0.2) is 94.1 Å². The fourth-order valence-electron chi connectivity index (χ4n) is 1.43. The van der Waals surface area contributed by atoms with Gasteiger partial charge in [-0.15, -0.1) is 0 Å². The zero-order chi connectivity index (χ0) is 12.8. The van der Waals surface area contributed by atoms with E-state index in [-0.39, 0.29) is 60.2 Å². The van der Waals surface area contributed by atoms with Gasteiger partial charge in [-0.1, -0.05) is 6.92 Å². The second-order valence-corrected chi connectivity index (χ2v) is 5.10. The molecular formula is C8H20CaNO6P. The molecule has 0 aromatic heterocycles. The summed E-state index contributed by atoms with van der Waals surface area (Å²) in [4.78, 5) is 29.7. The van der Waals surface area contributed by atoms with Crippen molar-refractivity contribution in [2.75, 3.05) is 19.4 Å². The third kappa shape index (κ3) is 9.39. The van der Waals surface area contributed by atoms with Gasteiger partial charge < -0.3 is 22.9 Å². The molecule has 0 fully saturated rings. The zero-order valence-corrected chi connectivity index (χ0v) is 12.9. The Labute approximate surface area is 133 Å². The minimum Gasteiger partial charge on any atom is -1.00 e. The van der Waals surface area contributed by atoms with Gasteiger partial charge in [0.2, 0.25) is 0 Å². The van der Waals surface area contributed by atoms with Gasteiger partial charge in [0.05, 0.1) is 0 Å². The molecule has 0 spiro atoms. The molecule has 0 heterocycles. The van der Waals surface area contributed by atoms with E-state index in [2.05, 4.69) is 0 Å². The van der Waals surface area contributed by atoms with Crippen LogP contribution in [0, 0.1) is 0 Å². The van der Waals surface area contributed by atoms with Gasteiger partial charge in [-0.2, -0.15) is 0 Å². The van der Waals surface area contributed by atoms with Crippen LogP contribution < -0.4 is 0 Å². The molecule has 0 aliphatic heterocycles. The number of carboxylic acid groups (broad SMARTS) is 1. The van der Waals surface area contributed by atoms with Crippen molar-refractivity contribution in [3.05, 3.63) is 0 Å². The van der Waals surface area contributed by atoms with Gasteiger partial charge in [0, 0.05) is 6.61 Å². The second-order valence-electron chi connectivity index (χ2n) is 3.48. The minimum absolute atomic E-state index is 0. The summed E-state index contributed by atoms with van der Waals surface area (Å²) in [5, 5.41) is 17.6. The number of carbonyl (C=O) groups is 1. The standard InChI is InChI=1S/C8H18NO6P.Ca.2H/c1-2-4-9(6-16(13,14)15)7(3-5-10)8(11)12;;;/h7,10H,2-6H2,1H3,(H,11,12)(H2,13,14,15);;;/q;+2;2*-1. The average molecular weight is 297 g/mol. The number of rotatable bonds is 8. The molecule has 0 saturated carbocycles. The van der Waals surface area contributed by atoms with Crippen LogP contribution in [0.15, 0.2) is 0 Å². The van der Waals surface area contributed by atoms with Crippen LogP contribution in [0.1, 0.15) is 22.6 Å². The number of aliphatic hydroxyl groups excluding tert-OH is 1. The van der Waals surface area contributed by atoms with Gasteiger partial charge in [0.25, 0.3) is 0 Å². The van der Waals surface area contributed by atoms with Gasteiger partial charge in [-0.3, -0.25) is 14.3 Å². The fraction of sp³-hybridized carbons (Fsp3) is 0.875. The first-order chi connectivity index (χ1) is 7.31. The number of aliphatic carboxylic acids is 1. The molecular weight excluding hydrogens is 277 g/mol. The van der Waals surface area contributed by atoms with Gasteiger partial charge in [-0.25, -0.2) is 0 Å². The van der Waals surface area contributed by atoms with Crippen LogP contribution in [0.25, 0.3) is 0 Å². The predicted octanol–water partition coefficient (Wildman–Crippen LogP) is -0.487. The first-order valence-electron chi connectivity index (χ1n) is 4.94. The van der Waals surface area contributed by atoms with Crippen molar-refractivity contribution >= 4 is 51.3 Å². The molecule has 1 atom stereocenters. The Bertz CT molecular complexity index is 280. The molecule has 1 unspecified atom stereocenters. The molecule has 0 saturated heterocycles. The van der Waals surface area contributed by atoms with E-state index in [4.69, 9.17) is 20.0 Å². The van der Waals surface area contributed by atoms with Crippen LogP contribution in [0.5, 0.6) is 0 Å². The predicted molar refractivity (Wildman–Crippen MR) is 65.0 cm³/mol. The Hall–Kier alpha value is 0.800. The largest absolute Gasteiger partial charge is 2.00 e. The summed E-state index contributed by atoms with van der Waals surface area (Å²) in [5.41, 5.74) is 0. The molecule has 0 aliphatic rings. The summed E-state index contributed by atoms with van der Waals surface area (Å²) in [5.74, 6) is -1.18. The third-order valence-corrected chi connectivity index (χ3v) is 2.74. The van der Waals surface area contributed by atoms with Crippen LogP contribution in [-0.2, 0) is 9.36 Å². The first-order valence-corrected chi connectivity index (χ1v) is 6.74. The summed E-state index contributed by atoms with van der Waals surface area (Å²) in [6.07, 6.45) is -0.0671. The molecule has 0 radical (unpaired) electrons. The SMILES string of the molecule is CCCN(CP(=O)(O)O)C(CCO)C(=O)O.[Ca+2].[H-].[H-]. The molecule has 0 aromatic rings. The smallest absolute Gasteiger partial charge is 1.00 e. The second kappa shape index (κ2) is 9.69. The summed E-state index contributed by atoms with van der Waals surface area (Å²) in [6, 6.07) is -1.06. The van der Waals surface area contributed by atoms with E-state index in [1.165, 1.54) is 4.90 Å². The zero-order valence-electron chi connectivity index (χ0n) is 11.8. The van der Waals surface area contributed by atoms with Crippen molar-refractivity contribution in [2.24, 2.45) is 0 Å². The Balaban J connectivity index is -0.000000375. The van der Waals surface area contributed by atoms with Gasteiger partial charge in [0.1, 0.15) is 12.3 Å². The number of aliphatic hydroxyl groups is 1. The number of hydrogen-bond donors (Lipinski definition) is 4. The van der Waals surface area contributed by atoms with Crippen LogP contribution >= 0.6 is 7.60 Å². The summed E-state index contributed by atoms with van der Waals surface area (Å²) in [6.45, 7) is 1.71. The maximum Gasteiger partial charge on any atom is 2.00 e. The molecule has 9 heteroatoms. The number of carboxylic acids is 1. The van der Waals surface area contributed by atoms with E-state index < -0.39 is 25.9 Å². The van der Waals surface area contributed by atoms with Gasteiger partial charge >= 0.3 is 51.3 Å². The molecule has 4 N–H and O–H groups in total. The quantitative estimate of drug-likeness (QED) is 0.353. The van der Waals surface area contributed by atoms with E-state index in [0.717, 1.165) is 0 Å². The van der Waals surface area contributed by atoms with E-state index in [1.807, 2.05) is 0 Å². The van der Waals surface area contributed by atoms with Crippen LogP contribution in [0.4, 0.5) is 0 Å². The molecule has 7 nitrogen and oxygen atoms in total. The van der Waals surface area contributed by atoms with Crippen molar-refractivity contribution in [2.45, 2.75) is 25.8 Å². The maximum absolute atomic E-state index is 10.9. The van der Waals surface area contributed by atoms with Gasteiger partial charge in [0.15, 0.2) is 0 Å². The van der Waals surface area contributed by atoms with E-state index >= 15 is 0 Å². The molecule has 0 rings (SSSR count). The number of hydrogen-bond acceptors (Lipinski definition) is 4. The monoisotopic (exact) mass is 297 g/mol. The summed E-state index contributed by atoms with van der Waals surface area (Å²) in [7, 11) is -4.29. The van der Waals surface area contributed by atoms with Gasteiger partial charge in [-0.05, 0) is 19.4 Å². The molecule has 17 heavy (non-hydrogen) atoms. The Morgan fingerprint density at radius 3 is 2.29 bits per heavy atom. The molecule has 100 valence electrons. The summed E-state index contributed by atoms with van der Waals surface area (Å²) < 4.78 is 10.8. The topological polar surface area (TPSA) is 118 Å². The minimum atomic E-state index is -4.29. The Morgan fingerprint density at radius 1 is 1.47 bits per heavy atom. The van der Waals surface area contributed by atoms with Crippen molar-refractivity contribution < 1.29 is 32.2 Å². The van der Waals surface area contributed by atoms with Crippen LogP contribution in [0.3, 0.4) is 0 Å². The maximum atomic E-state index is 10.9. The normalized spacial score (nSPS) is 13.2. The number of nitrogens with zero attached hydrogens (tertiary/aromatic N) is 1. The molecule has 0 bridgehead atoms. The van der Waals surface area contributed by atoms with Crippen molar-refractivity contribution in [3.63, 3.8) is 0 Å². The fourth-order valence-corrected chi connectivity index (χ4v) is 2.25. The molecule has 0 aliphatic carbocycles. The average Bonchev–Trinajstić information content (AvgIpc) is 2.10. The van der Waals surface area contributed by atoms with E-state index in [1.54, 1.807) is 6.92 Å². The third-order valence-electron chi connectivity index (χ3n) is 2.01. The molecule has 0 amide bonds. The summed E-state index contributed by atoms with van der Waals surface area (Å²) >= 11 is 0. The van der Waals surface area contributed by atoms with Crippen molar-refractivity contribution in [1.29, 1.82) is 0 Å². The van der Waals surface area contributed by atoms with Crippen LogP contribution in [0.2, 0.25) is 0 Å². The Kier molecular flexibility index (Phi) is 11.5.